The Hall–Kier alpha value is -2.49. The molecule has 0 aromatic heterocycles. The zero-order valence-electron chi connectivity index (χ0n) is 10.8. The first kappa shape index (κ1) is 13.0. The van der Waals surface area contributed by atoms with Crippen LogP contribution in [-0.4, -0.2) is 25.4 Å². The zero-order chi connectivity index (χ0) is 13.8. The van der Waals surface area contributed by atoms with Gasteiger partial charge < -0.3 is 14.7 Å². The molecule has 0 atom stereocenters. The van der Waals surface area contributed by atoms with E-state index < -0.39 is 6.16 Å². The highest BCUT2D eigenvalue weighted by Gasteiger charge is 2.13. The number of carboxylic acid groups (broad SMARTS) is 1. The van der Waals surface area contributed by atoms with Gasteiger partial charge in [-0.15, -0.1) is 0 Å². The lowest BCUT2D eigenvalue weighted by molar-refractivity contribution is 0.144. The van der Waals surface area contributed by atoms with Crippen LogP contribution in [0.25, 0.3) is 11.1 Å². The lowest BCUT2D eigenvalue weighted by Gasteiger charge is -2.18. The van der Waals surface area contributed by atoms with Crippen molar-refractivity contribution < 1.29 is 14.6 Å². The Bertz CT molecular complexity index is 593. The summed E-state index contributed by atoms with van der Waals surface area (Å²) in [5, 5.41) is 8.78. The van der Waals surface area contributed by atoms with Crippen LogP contribution in [0.5, 0.6) is 5.75 Å². The van der Waals surface area contributed by atoms with E-state index in [1.165, 1.54) is 0 Å². The number of nitrogens with zero attached hydrogens (tertiary/aromatic N) is 1. The number of ether oxygens (including phenoxy) is 1. The summed E-state index contributed by atoms with van der Waals surface area (Å²) >= 11 is 0. The Balaban J connectivity index is 2.56. The summed E-state index contributed by atoms with van der Waals surface area (Å²) in [6, 6.07) is 14.9. The molecule has 0 unspecified atom stereocenters. The average molecular weight is 257 g/mol. The highest BCUT2D eigenvalue weighted by Crippen LogP contribution is 2.35. The Morgan fingerprint density at radius 1 is 1.00 bits per heavy atom. The molecule has 4 heteroatoms. The fraction of sp³-hybridized carbons (Fsp3) is 0.133. The summed E-state index contributed by atoms with van der Waals surface area (Å²) in [4.78, 5) is 12.7. The van der Waals surface area contributed by atoms with Gasteiger partial charge in [-0.1, -0.05) is 36.4 Å². The Labute approximate surface area is 111 Å². The Morgan fingerprint density at radius 3 is 2.21 bits per heavy atom. The molecule has 0 aliphatic rings. The first-order valence-electron chi connectivity index (χ1n) is 5.86. The van der Waals surface area contributed by atoms with Gasteiger partial charge in [0.1, 0.15) is 5.75 Å². The second kappa shape index (κ2) is 5.44. The van der Waals surface area contributed by atoms with Crippen LogP contribution in [0.2, 0.25) is 0 Å². The first-order valence-corrected chi connectivity index (χ1v) is 5.86. The van der Waals surface area contributed by atoms with Crippen molar-refractivity contribution in [3.05, 3.63) is 48.5 Å². The van der Waals surface area contributed by atoms with Gasteiger partial charge in [0.2, 0.25) is 0 Å². The van der Waals surface area contributed by atoms with Crippen LogP contribution >= 0.6 is 0 Å². The van der Waals surface area contributed by atoms with Crippen LogP contribution in [0.4, 0.5) is 10.5 Å². The Morgan fingerprint density at radius 2 is 1.58 bits per heavy atom. The molecule has 0 radical (unpaired) electrons. The summed E-state index contributed by atoms with van der Waals surface area (Å²) in [6.07, 6.45) is -1.31. The van der Waals surface area contributed by atoms with E-state index in [0.29, 0.717) is 5.75 Å². The van der Waals surface area contributed by atoms with Crippen LogP contribution in [0.3, 0.4) is 0 Å². The number of rotatable bonds is 3. The van der Waals surface area contributed by atoms with Crippen molar-refractivity contribution in [2.24, 2.45) is 0 Å². The van der Waals surface area contributed by atoms with Gasteiger partial charge in [-0.3, -0.25) is 0 Å². The third-order valence-corrected chi connectivity index (χ3v) is 2.76. The van der Waals surface area contributed by atoms with Gasteiger partial charge in [-0.2, -0.15) is 0 Å². The van der Waals surface area contributed by atoms with E-state index in [1.54, 1.807) is 12.1 Å². The molecule has 2 aromatic rings. The van der Waals surface area contributed by atoms with Crippen molar-refractivity contribution in [2.75, 3.05) is 19.0 Å². The molecule has 0 amide bonds. The molecule has 0 spiro atoms. The fourth-order valence-corrected chi connectivity index (χ4v) is 1.96. The molecule has 0 fully saturated rings. The maximum Gasteiger partial charge on any atom is 0.511 e. The van der Waals surface area contributed by atoms with Crippen LogP contribution < -0.4 is 9.64 Å². The van der Waals surface area contributed by atoms with Crippen LogP contribution in [0.15, 0.2) is 48.5 Å². The lowest BCUT2D eigenvalue weighted by atomic mass is 10.0. The molecular weight excluding hydrogens is 242 g/mol. The SMILES string of the molecule is CN(C)c1ccccc1-c1ccccc1OC(=O)O. The molecule has 0 saturated carbocycles. The Kier molecular flexibility index (Phi) is 3.71. The van der Waals surface area contributed by atoms with Crippen LogP contribution in [0, 0.1) is 0 Å². The van der Waals surface area contributed by atoms with Gasteiger partial charge in [-0.05, 0) is 12.1 Å². The summed E-state index contributed by atoms with van der Waals surface area (Å²) < 4.78 is 4.83. The van der Waals surface area contributed by atoms with Crippen molar-refractivity contribution >= 4 is 11.8 Å². The van der Waals surface area contributed by atoms with Crippen LogP contribution in [-0.2, 0) is 0 Å². The molecule has 0 heterocycles. The standard InChI is InChI=1S/C15H15NO3/c1-16(2)13-9-5-3-7-11(13)12-8-4-6-10-14(12)19-15(17)18/h3-10H,1-2H3,(H,17,18). The number of hydrogen-bond donors (Lipinski definition) is 1. The van der Waals surface area contributed by atoms with Crippen molar-refractivity contribution in [2.45, 2.75) is 0 Å². The number of anilines is 1. The molecule has 0 saturated heterocycles. The highest BCUT2D eigenvalue weighted by molar-refractivity contribution is 5.83. The van der Waals surface area contributed by atoms with E-state index in [-0.39, 0.29) is 0 Å². The van der Waals surface area contributed by atoms with Gasteiger partial charge in [-0.25, -0.2) is 4.79 Å². The largest absolute Gasteiger partial charge is 0.511 e. The molecular formula is C15H15NO3. The fourth-order valence-electron chi connectivity index (χ4n) is 1.96. The summed E-state index contributed by atoms with van der Waals surface area (Å²) in [6.45, 7) is 0. The van der Waals surface area contributed by atoms with Gasteiger partial charge in [0, 0.05) is 30.9 Å². The predicted molar refractivity (Wildman–Crippen MR) is 74.9 cm³/mol. The molecule has 0 aliphatic heterocycles. The predicted octanol–water partition coefficient (Wildman–Crippen LogP) is 3.48. The molecule has 98 valence electrons. The minimum Gasteiger partial charge on any atom is -0.449 e. The first-order chi connectivity index (χ1) is 9.09. The summed E-state index contributed by atoms with van der Waals surface area (Å²) in [5.74, 6) is 0.337. The normalized spacial score (nSPS) is 10.0. The van der Waals surface area contributed by atoms with Gasteiger partial charge in [0.15, 0.2) is 0 Å². The maximum absolute atomic E-state index is 10.7. The summed E-state index contributed by atoms with van der Waals surface area (Å²) in [7, 11) is 3.89. The number of hydrogen-bond acceptors (Lipinski definition) is 3. The zero-order valence-corrected chi connectivity index (χ0v) is 10.8. The van der Waals surface area contributed by atoms with E-state index in [9.17, 15) is 4.79 Å². The molecule has 2 aromatic carbocycles. The molecule has 0 aliphatic carbocycles. The molecule has 19 heavy (non-hydrogen) atoms. The van der Waals surface area contributed by atoms with Gasteiger partial charge in [0.25, 0.3) is 0 Å². The second-order valence-electron chi connectivity index (χ2n) is 4.28. The maximum atomic E-state index is 10.7. The van der Waals surface area contributed by atoms with E-state index in [4.69, 9.17) is 9.84 Å². The quantitative estimate of drug-likeness (QED) is 0.675. The monoisotopic (exact) mass is 257 g/mol. The van der Waals surface area contributed by atoms with Crippen molar-refractivity contribution in [3.8, 4) is 16.9 Å². The van der Waals surface area contributed by atoms with Crippen LogP contribution in [0.1, 0.15) is 0 Å². The van der Waals surface area contributed by atoms with E-state index in [1.807, 2.05) is 55.4 Å². The molecule has 0 bridgehead atoms. The third-order valence-electron chi connectivity index (χ3n) is 2.76. The van der Waals surface area contributed by atoms with E-state index in [2.05, 4.69) is 0 Å². The van der Waals surface area contributed by atoms with Crippen molar-refractivity contribution in [1.82, 2.24) is 0 Å². The number of para-hydroxylation sites is 2. The number of benzene rings is 2. The topological polar surface area (TPSA) is 49.8 Å². The molecule has 4 nitrogen and oxygen atoms in total. The third kappa shape index (κ3) is 2.85. The average Bonchev–Trinajstić information content (AvgIpc) is 2.38. The lowest BCUT2D eigenvalue weighted by Crippen LogP contribution is -2.10. The van der Waals surface area contributed by atoms with Crippen molar-refractivity contribution in [3.63, 3.8) is 0 Å². The number of carbonyl (C=O) groups is 1. The highest BCUT2D eigenvalue weighted by atomic mass is 16.7. The van der Waals surface area contributed by atoms with Gasteiger partial charge >= 0.3 is 6.16 Å². The second-order valence-corrected chi connectivity index (χ2v) is 4.28. The minimum atomic E-state index is -1.31. The molecule has 1 N–H and O–H groups in total. The van der Waals surface area contributed by atoms with Crippen molar-refractivity contribution in [1.29, 1.82) is 0 Å². The van der Waals surface area contributed by atoms with Gasteiger partial charge in [0.05, 0.1) is 0 Å². The van der Waals surface area contributed by atoms with E-state index >= 15 is 0 Å². The smallest absolute Gasteiger partial charge is 0.449 e. The molecule has 2 rings (SSSR count). The minimum absolute atomic E-state index is 0.337. The van der Waals surface area contributed by atoms with E-state index in [0.717, 1.165) is 16.8 Å². The summed E-state index contributed by atoms with van der Waals surface area (Å²) in [5.41, 5.74) is 2.70.